The number of nitrogens with two attached hydrogens (primary N) is 1. The van der Waals surface area contributed by atoms with Crippen LogP contribution in [0.4, 0.5) is 0 Å². The number of carbonyl (C=O) groups is 1. The molecule has 0 atom stereocenters. The Morgan fingerprint density at radius 3 is 2.48 bits per heavy atom. The van der Waals surface area contributed by atoms with E-state index in [2.05, 4.69) is 10.3 Å². The Morgan fingerprint density at radius 1 is 1.07 bits per heavy atom. The topological polar surface area (TPSA) is 81.2 Å². The molecular weight excluding hydrogens is 386 g/mol. The van der Waals surface area contributed by atoms with Gasteiger partial charge in [-0.1, -0.05) is 42.0 Å². The second-order valence-corrected chi connectivity index (χ2v) is 7.53. The van der Waals surface area contributed by atoms with Gasteiger partial charge in [0.2, 0.25) is 5.89 Å². The van der Waals surface area contributed by atoms with Gasteiger partial charge < -0.3 is 15.5 Å². The van der Waals surface area contributed by atoms with E-state index < -0.39 is 0 Å². The second kappa shape index (κ2) is 9.25. The zero-order valence-electron chi connectivity index (χ0n) is 16.4. The van der Waals surface area contributed by atoms with Gasteiger partial charge in [-0.15, -0.1) is 12.4 Å². The molecule has 1 fully saturated rings. The quantitative estimate of drug-likeness (QED) is 0.649. The number of aromatic nitrogens is 1. The SMILES string of the molecule is Cc1ccc(-c2cnc(-c3ccccc3C(=O)NC3CCC(N)CC3)o2)cc1.Cl. The van der Waals surface area contributed by atoms with Crippen LogP contribution in [0, 0.1) is 6.92 Å². The van der Waals surface area contributed by atoms with Crippen molar-refractivity contribution in [3.05, 3.63) is 65.9 Å². The lowest BCUT2D eigenvalue weighted by molar-refractivity contribution is 0.0926. The first-order chi connectivity index (χ1) is 13.6. The van der Waals surface area contributed by atoms with Crippen molar-refractivity contribution in [1.29, 1.82) is 0 Å². The number of oxazole rings is 1. The molecule has 1 saturated carbocycles. The largest absolute Gasteiger partial charge is 0.436 e. The third-order valence-electron chi connectivity index (χ3n) is 5.35. The van der Waals surface area contributed by atoms with Gasteiger partial charge in [-0.2, -0.15) is 0 Å². The third kappa shape index (κ3) is 4.86. The Hall–Kier alpha value is -2.63. The number of aryl methyl sites for hydroxylation is 1. The molecule has 29 heavy (non-hydrogen) atoms. The fourth-order valence-electron chi connectivity index (χ4n) is 3.64. The number of hydrogen-bond acceptors (Lipinski definition) is 4. The lowest BCUT2D eigenvalue weighted by atomic mass is 9.91. The molecule has 1 aromatic heterocycles. The molecule has 1 amide bonds. The van der Waals surface area contributed by atoms with Crippen molar-refractivity contribution in [3.8, 4) is 22.8 Å². The molecule has 3 N–H and O–H groups in total. The van der Waals surface area contributed by atoms with Gasteiger partial charge in [-0.05, 0) is 44.7 Å². The van der Waals surface area contributed by atoms with Gasteiger partial charge in [-0.3, -0.25) is 4.79 Å². The first-order valence-corrected chi connectivity index (χ1v) is 9.79. The predicted molar refractivity (Wildman–Crippen MR) is 117 cm³/mol. The first kappa shape index (κ1) is 21.1. The second-order valence-electron chi connectivity index (χ2n) is 7.53. The van der Waals surface area contributed by atoms with Gasteiger partial charge in [-0.25, -0.2) is 4.98 Å². The molecule has 1 aliphatic carbocycles. The number of nitrogens with zero attached hydrogens (tertiary/aromatic N) is 1. The van der Waals surface area contributed by atoms with E-state index in [9.17, 15) is 4.79 Å². The van der Waals surface area contributed by atoms with Crippen molar-refractivity contribution in [3.63, 3.8) is 0 Å². The number of hydrogen-bond donors (Lipinski definition) is 2. The summed E-state index contributed by atoms with van der Waals surface area (Å²) in [6.07, 6.45) is 5.45. The van der Waals surface area contributed by atoms with Gasteiger partial charge in [0.05, 0.1) is 11.8 Å². The average molecular weight is 412 g/mol. The molecule has 0 unspecified atom stereocenters. The maximum absolute atomic E-state index is 12.9. The number of halogens is 1. The standard InChI is InChI=1S/C23H25N3O2.ClH/c1-15-6-8-16(9-7-15)21-14-25-23(28-21)20-5-3-2-4-19(20)22(27)26-18-12-10-17(24)11-13-18;/h2-9,14,17-18H,10-13,24H2,1H3,(H,26,27);1H. The van der Waals surface area contributed by atoms with E-state index in [1.165, 1.54) is 5.56 Å². The molecule has 1 heterocycles. The molecule has 0 bridgehead atoms. The fraction of sp³-hybridized carbons (Fsp3) is 0.304. The zero-order valence-corrected chi connectivity index (χ0v) is 17.2. The van der Waals surface area contributed by atoms with Crippen LogP contribution in [0.25, 0.3) is 22.8 Å². The van der Waals surface area contributed by atoms with E-state index in [1.54, 1.807) is 6.20 Å². The van der Waals surface area contributed by atoms with Gasteiger partial charge >= 0.3 is 0 Å². The van der Waals surface area contributed by atoms with Gasteiger partial charge in [0, 0.05) is 23.2 Å². The maximum Gasteiger partial charge on any atom is 0.252 e. The van der Waals surface area contributed by atoms with Crippen LogP contribution in [0.3, 0.4) is 0 Å². The molecule has 1 aliphatic rings. The van der Waals surface area contributed by atoms with Crippen molar-refractivity contribution < 1.29 is 9.21 Å². The minimum atomic E-state index is -0.0915. The summed E-state index contributed by atoms with van der Waals surface area (Å²) >= 11 is 0. The van der Waals surface area contributed by atoms with E-state index in [-0.39, 0.29) is 30.4 Å². The molecule has 0 radical (unpaired) electrons. The Kier molecular flexibility index (Phi) is 6.72. The Balaban J connectivity index is 0.00000240. The number of nitrogens with one attached hydrogen (secondary N) is 1. The van der Waals surface area contributed by atoms with Crippen LogP contribution in [0.1, 0.15) is 41.6 Å². The Labute approximate surface area is 177 Å². The zero-order chi connectivity index (χ0) is 19.5. The highest BCUT2D eigenvalue weighted by Crippen LogP contribution is 2.28. The summed E-state index contributed by atoms with van der Waals surface area (Å²) in [6, 6.07) is 16.0. The average Bonchev–Trinajstić information content (AvgIpc) is 3.20. The monoisotopic (exact) mass is 411 g/mol. The Morgan fingerprint density at radius 2 is 1.76 bits per heavy atom. The Bertz CT molecular complexity index is 960. The summed E-state index contributed by atoms with van der Waals surface area (Å²) in [5.41, 5.74) is 9.39. The minimum absolute atomic E-state index is 0. The van der Waals surface area contributed by atoms with Crippen LogP contribution in [0.2, 0.25) is 0 Å². The molecule has 0 saturated heterocycles. The van der Waals surface area contributed by atoms with Gasteiger partial charge in [0.25, 0.3) is 5.91 Å². The van der Waals surface area contributed by atoms with Crippen molar-refractivity contribution in [2.24, 2.45) is 5.73 Å². The van der Waals surface area contributed by atoms with Crippen molar-refractivity contribution >= 4 is 18.3 Å². The molecule has 0 aliphatic heterocycles. The fourth-order valence-corrected chi connectivity index (χ4v) is 3.64. The predicted octanol–water partition coefficient (Wildman–Crippen LogP) is 4.74. The van der Waals surface area contributed by atoms with Gasteiger partial charge in [0.1, 0.15) is 0 Å². The first-order valence-electron chi connectivity index (χ1n) is 9.79. The van der Waals surface area contributed by atoms with Crippen LogP contribution < -0.4 is 11.1 Å². The number of carbonyl (C=O) groups excluding carboxylic acids is 1. The van der Waals surface area contributed by atoms with Crippen molar-refractivity contribution in [2.45, 2.75) is 44.7 Å². The minimum Gasteiger partial charge on any atom is -0.436 e. The maximum atomic E-state index is 12.9. The molecule has 152 valence electrons. The highest BCUT2D eigenvalue weighted by molar-refractivity contribution is 6.00. The number of benzene rings is 2. The molecular formula is C23H26ClN3O2. The summed E-state index contributed by atoms with van der Waals surface area (Å²) in [4.78, 5) is 17.3. The number of amides is 1. The van der Waals surface area contributed by atoms with E-state index in [0.29, 0.717) is 22.8 Å². The number of rotatable bonds is 4. The van der Waals surface area contributed by atoms with Crippen molar-refractivity contribution in [2.75, 3.05) is 0 Å². The van der Waals surface area contributed by atoms with Crippen LogP contribution >= 0.6 is 12.4 Å². The third-order valence-corrected chi connectivity index (χ3v) is 5.35. The molecule has 6 heteroatoms. The lowest BCUT2D eigenvalue weighted by Gasteiger charge is -2.27. The van der Waals surface area contributed by atoms with E-state index in [4.69, 9.17) is 10.2 Å². The summed E-state index contributed by atoms with van der Waals surface area (Å²) in [7, 11) is 0. The molecule has 3 aromatic rings. The summed E-state index contributed by atoms with van der Waals surface area (Å²) < 4.78 is 5.98. The molecule has 4 rings (SSSR count). The van der Waals surface area contributed by atoms with E-state index >= 15 is 0 Å². The molecule has 2 aromatic carbocycles. The summed E-state index contributed by atoms with van der Waals surface area (Å²) in [6.45, 7) is 2.05. The highest BCUT2D eigenvalue weighted by atomic mass is 35.5. The van der Waals surface area contributed by atoms with E-state index in [0.717, 1.165) is 31.2 Å². The van der Waals surface area contributed by atoms with E-state index in [1.807, 2.05) is 55.5 Å². The van der Waals surface area contributed by atoms with Crippen LogP contribution in [-0.4, -0.2) is 23.0 Å². The highest BCUT2D eigenvalue weighted by Gasteiger charge is 2.23. The normalized spacial score (nSPS) is 18.7. The van der Waals surface area contributed by atoms with Gasteiger partial charge in [0.15, 0.2) is 5.76 Å². The van der Waals surface area contributed by atoms with Crippen LogP contribution in [0.5, 0.6) is 0 Å². The summed E-state index contributed by atoms with van der Waals surface area (Å²) in [5, 5.41) is 3.15. The smallest absolute Gasteiger partial charge is 0.252 e. The lowest BCUT2D eigenvalue weighted by Crippen LogP contribution is -2.40. The molecule has 5 nitrogen and oxygen atoms in total. The summed E-state index contributed by atoms with van der Waals surface area (Å²) in [5.74, 6) is 1.05. The molecule has 0 spiro atoms. The van der Waals surface area contributed by atoms with Crippen LogP contribution in [-0.2, 0) is 0 Å². The van der Waals surface area contributed by atoms with Crippen molar-refractivity contribution in [1.82, 2.24) is 10.3 Å². The van der Waals surface area contributed by atoms with Crippen LogP contribution in [0.15, 0.2) is 59.1 Å².